The summed E-state index contributed by atoms with van der Waals surface area (Å²) in [5.41, 5.74) is 3.84. The van der Waals surface area contributed by atoms with Crippen molar-refractivity contribution in [2.24, 2.45) is 11.8 Å². The lowest BCUT2D eigenvalue weighted by atomic mass is 9.94. The predicted molar refractivity (Wildman–Crippen MR) is 320 cm³/mol. The number of alkyl halides is 10. The van der Waals surface area contributed by atoms with E-state index in [2.05, 4.69) is 9.80 Å². The molecule has 0 spiro atoms. The number of anilines is 2. The molecule has 2 aliphatic heterocycles. The van der Waals surface area contributed by atoms with Gasteiger partial charge in [0.1, 0.15) is 47.7 Å². The number of aliphatic carboxylic acids is 1. The van der Waals surface area contributed by atoms with Crippen LogP contribution in [-0.4, -0.2) is 106 Å². The Balaban J connectivity index is 0.000000365. The molecule has 4 aromatic rings. The van der Waals surface area contributed by atoms with Gasteiger partial charge in [0.2, 0.25) is 0 Å². The Hall–Kier alpha value is -6.52. The van der Waals surface area contributed by atoms with E-state index in [1.165, 1.54) is 0 Å². The zero-order valence-electron chi connectivity index (χ0n) is 51.0. The number of carbonyl (C=O) groups is 2. The van der Waals surface area contributed by atoms with E-state index in [1.807, 2.05) is 36.4 Å². The Morgan fingerprint density at radius 1 is 0.483 bits per heavy atom. The number of benzene rings is 4. The van der Waals surface area contributed by atoms with Gasteiger partial charge in [-0.15, -0.1) is 0 Å². The van der Waals surface area contributed by atoms with E-state index in [-0.39, 0.29) is 92.3 Å². The Morgan fingerprint density at radius 3 is 1.13 bits per heavy atom. The summed E-state index contributed by atoms with van der Waals surface area (Å²) < 4.78 is 143. The van der Waals surface area contributed by atoms with Crippen molar-refractivity contribution in [1.82, 2.24) is 0 Å². The van der Waals surface area contributed by atoms with Crippen molar-refractivity contribution in [1.29, 1.82) is 0 Å². The molecule has 500 valence electrons. The number of aliphatic hydroxyl groups is 1. The van der Waals surface area contributed by atoms with Crippen molar-refractivity contribution in [2.75, 3.05) is 49.3 Å². The second kappa shape index (κ2) is 37.6. The number of hydrogen-bond acceptors (Lipinski definition) is 12. The fourth-order valence-corrected chi connectivity index (χ4v) is 11.0. The molecule has 4 atom stereocenters. The normalized spacial score (nSPS) is 15.7. The molecule has 0 bridgehead atoms. The summed E-state index contributed by atoms with van der Waals surface area (Å²) in [7, 11) is 0. The molecule has 0 aliphatic carbocycles. The van der Waals surface area contributed by atoms with Crippen LogP contribution in [0.5, 0.6) is 34.5 Å². The number of esters is 1. The number of carboxylic acid groups (broad SMARTS) is 1. The van der Waals surface area contributed by atoms with Crippen molar-refractivity contribution in [3.05, 3.63) is 96.1 Å². The summed E-state index contributed by atoms with van der Waals surface area (Å²) in [5, 5.41) is 56.2. The van der Waals surface area contributed by atoms with Crippen LogP contribution in [0.2, 0.25) is 0 Å². The van der Waals surface area contributed by atoms with E-state index >= 15 is 0 Å². The zero-order valence-corrected chi connectivity index (χ0v) is 51.0. The highest BCUT2D eigenvalue weighted by Gasteiger charge is 2.57. The smallest absolute Gasteiger partial charge is 0.453 e. The number of halogens is 10. The first-order valence-electron chi connectivity index (χ1n) is 31.2. The van der Waals surface area contributed by atoms with Crippen LogP contribution in [0, 0.1) is 11.8 Å². The molecule has 6 N–H and O–H groups in total. The number of carboxylic acids is 1. The van der Waals surface area contributed by atoms with Gasteiger partial charge in [0.05, 0.1) is 41.9 Å². The number of carbonyl (C=O) groups excluding carboxylic acids is 1. The highest BCUT2D eigenvalue weighted by Crippen LogP contribution is 2.45. The van der Waals surface area contributed by atoms with E-state index < -0.39 is 48.9 Å². The Bertz CT molecular complexity index is 2660. The molecule has 0 aromatic heterocycles. The van der Waals surface area contributed by atoms with Gasteiger partial charge in [-0.05, 0) is 125 Å². The average molecular weight is 1280 g/mol. The maximum atomic E-state index is 13.1. The van der Waals surface area contributed by atoms with Gasteiger partial charge in [0, 0.05) is 44.7 Å². The molecule has 4 aromatic carbocycles. The number of fused-ring (bicyclic) bond motifs is 2. The number of unbranched alkanes of at least 4 members (excludes halogenated alkanes) is 14. The minimum Gasteiger partial charge on any atom is -0.508 e. The lowest BCUT2D eigenvalue weighted by Gasteiger charge is -2.39. The maximum absolute atomic E-state index is 13.1. The van der Waals surface area contributed by atoms with Crippen LogP contribution in [-0.2, 0) is 14.3 Å². The molecular formula is C66H90F10N2O11. The first-order chi connectivity index (χ1) is 42.2. The van der Waals surface area contributed by atoms with Crippen LogP contribution in [0.1, 0.15) is 191 Å². The number of phenolic OH excluding ortho intramolecular Hbond substituents is 4. The standard InChI is InChI=1S/C33H44F5NO5.C31H40F5NO5.C2H6O/c1-2-43-31(42)25(13-9-7-10-20-32(34,35)33(36,37)38)12-8-5-3-4-6-11-21-39-28-19-18-27(41)22-30(28)44-23-29(39)24-14-16-26(40)17-15-24;32-30(33,31(34,35)36)18-8-5-7-11-23(29(40)41)10-6-3-1-2-4-9-19-37-26-17-16-25(39)20-28(26)42-21-27(37)22-12-14-24(38)15-13-22;1-2-3/h14-19,22,25,29,40-41H,2-13,20-21,23H2,1H3;12-17,20,23,27,38-39H,1-11,18-19,21H2,(H,40,41);3H,2H2,1H3/t25?,29-;23?,27-;/m00./s1. The maximum Gasteiger partial charge on any atom is 0.453 e. The van der Waals surface area contributed by atoms with E-state index in [0.717, 1.165) is 106 Å². The van der Waals surface area contributed by atoms with E-state index in [9.17, 15) is 79.0 Å². The molecule has 23 heteroatoms. The van der Waals surface area contributed by atoms with Crippen molar-refractivity contribution >= 4 is 23.3 Å². The molecule has 0 saturated heterocycles. The molecule has 2 aliphatic rings. The molecule has 89 heavy (non-hydrogen) atoms. The first kappa shape index (κ1) is 74.9. The molecule has 6 rings (SSSR count). The molecule has 2 heterocycles. The summed E-state index contributed by atoms with van der Waals surface area (Å²) >= 11 is 0. The third-order valence-electron chi connectivity index (χ3n) is 15.9. The predicted octanol–water partition coefficient (Wildman–Crippen LogP) is 17.7. The number of ether oxygens (including phenoxy) is 3. The van der Waals surface area contributed by atoms with Gasteiger partial charge in [0.25, 0.3) is 0 Å². The van der Waals surface area contributed by atoms with Crippen molar-refractivity contribution in [3.8, 4) is 34.5 Å². The first-order valence-corrected chi connectivity index (χ1v) is 31.2. The summed E-state index contributed by atoms with van der Waals surface area (Å²) in [5.74, 6) is -9.77. The molecule has 13 nitrogen and oxygen atoms in total. The van der Waals surface area contributed by atoms with Gasteiger partial charge in [-0.2, -0.15) is 43.9 Å². The zero-order chi connectivity index (χ0) is 65.6. The SMILES string of the molecule is CCO.CCOC(=O)C(CCCCCCCCN1c2ccc(O)cc2OC[C@H]1c1ccc(O)cc1)CCCCCC(F)(F)C(F)(F)F.O=C(O)C(CCCCCCCCN1c2ccc(O)cc2OC[C@H]1c1ccc(O)cc1)CCCCCC(F)(F)C(F)(F)F. The van der Waals surface area contributed by atoms with Crippen molar-refractivity contribution in [3.63, 3.8) is 0 Å². The summed E-state index contributed by atoms with van der Waals surface area (Å²) in [6.45, 7) is 6.25. The Labute approximate surface area is 516 Å². The fraction of sp³-hybridized carbons (Fsp3) is 0.606. The van der Waals surface area contributed by atoms with E-state index in [4.69, 9.17) is 19.3 Å². The summed E-state index contributed by atoms with van der Waals surface area (Å²) in [6, 6.07) is 24.2. The molecule has 0 saturated carbocycles. The lowest BCUT2D eigenvalue weighted by Crippen LogP contribution is -2.37. The van der Waals surface area contributed by atoms with Gasteiger partial charge in [-0.25, -0.2) is 0 Å². The van der Waals surface area contributed by atoms with Gasteiger partial charge in [0.15, 0.2) is 0 Å². The second-order valence-electron chi connectivity index (χ2n) is 22.8. The minimum atomic E-state index is -5.55. The topological polar surface area (TPSA) is 190 Å². The molecule has 0 fully saturated rings. The van der Waals surface area contributed by atoms with Gasteiger partial charge in [-0.1, -0.05) is 114 Å². The summed E-state index contributed by atoms with van der Waals surface area (Å²) in [6.07, 6.45) is -0.337. The van der Waals surface area contributed by atoms with Gasteiger partial charge < -0.3 is 54.6 Å². The number of aliphatic hydroxyl groups excluding tert-OH is 1. The molecule has 0 amide bonds. The number of nitrogens with zero attached hydrogens (tertiary/aromatic N) is 2. The van der Waals surface area contributed by atoms with Crippen LogP contribution >= 0.6 is 0 Å². The van der Waals surface area contributed by atoms with Gasteiger partial charge in [-0.3, -0.25) is 9.59 Å². The largest absolute Gasteiger partial charge is 0.508 e. The number of rotatable bonds is 35. The van der Waals surface area contributed by atoms with Crippen LogP contribution in [0.4, 0.5) is 55.3 Å². The fourth-order valence-electron chi connectivity index (χ4n) is 11.0. The lowest BCUT2D eigenvalue weighted by molar-refractivity contribution is -0.284. The van der Waals surface area contributed by atoms with Crippen LogP contribution < -0.4 is 19.3 Å². The minimum absolute atomic E-state index is 0.0337. The monoisotopic (exact) mass is 1280 g/mol. The molecule has 0 radical (unpaired) electrons. The quantitative estimate of drug-likeness (QED) is 0.0145. The van der Waals surface area contributed by atoms with E-state index in [1.54, 1.807) is 62.4 Å². The number of hydrogen-bond donors (Lipinski definition) is 6. The van der Waals surface area contributed by atoms with E-state index in [0.29, 0.717) is 63.2 Å². The number of phenols is 4. The van der Waals surface area contributed by atoms with Crippen LogP contribution in [0.3, 0.4) is 0 Å². The van der Waals surface area contributed by atoms with Crippen molar-refractivity contribution in [2.45, 2.75) is 204 Å². The summed E-state index contributed by atoms with van der Waals surface area (Å²) in [4.78, 5) is 28.5. The Kier molecular flexibility index (Phi) is 31.7. The van der Waals surface area contributed by atoms with Gasteiger partial charge >= 0.3 is 36.1 Å². The third kappa shape index (κ3) is 25.4. The molecular weight excluding hydrogens is 1190 g/mol. The van der Waals surface area contributed by atoms with Crippen LogP contribution in [0.25, 0.3) is 0 Å². The molecule has 2 unspecified atom stereocenters. The van der Waals surface area contributed by atoms with Crippen molar-refractivity contribution < 1.29 is 98.3 Å². The Morgan fingerprint density at radius 2 is 0.798 bits per heavy atom. The van der Waals surface area contributed by atoms with Crippen LogP contribution in [0.15, 0.2) is 84.9 Å². The number of aromatic hydroxyl groups is 4. The average Bonchev–Trinajstić information content (AvgIpc) is 1.44. The highest BCUT2D eigenvalue weighted by molar-refractivity contribution is 5.72. The third-order valence-corrected chi connectivity index (χ3v) is 15.9. The highest BCUT2D eigenvalue weighted by atomic mass is 19.4. The second-order valence-corrected chi connectivity index (χ2v) is 22.8.